The maximum Gasteiger partial charge on any atom is 0.421 e. The standard InChI is InChI=1S/C15H22ClN3O2/c1-3-8-21-15(20)17-19-10-14(18(4-2)11-19)12-6-5-7-13(16)9-12/h5-7,9,14H,3-4,8,10-11H2,1-2H3,(H,17,20). The molecule has 1 saturated heterocycles. The van der Waals surface area contributed by atoms with Gasteiger partial charge in [-0.2, -0.15) is 0 Å². The first-order valence-electron chi connectivity index (χ1n) is 7.32. The summed E-state index contributed by atoms with van der Waals surface area (Å²) in [6.45, 7) is 6.81. The lowest BCUT2D eigenvalue weighted by Crippen LogP contribution is -2.42. The molecule has 1 fully saturated rings. The van der Waals surface area contributed by atoms with Crippen molar-refractivity contribution in [2.24, 2.45) is 0 Å². The van der Waals surface area contributed by atoms with Gasteiger partial charge in [-0.15, -0.1) is 0 Å². The van der Waals surface area contributed by atoms with Crippen LogP contribution in [0.5, 0.6) is 0 Å². The van der Waals surface area contributed by atoms with Crippen molar-refractivity contribution in [3.63, 3.8) is 0 Å². The second-order valence-corrected chi connectivity index (χ2v) is 5.52. The molecule has 1 aromatic carbocycles. The first-order valence-corrected chi connectivity index (χ1v) is 7.69. The Labute approximate surface area is 130 Å². The third-order valence-electron chi connectivity index (χ3n) is 3.51. The Morgan fingerprint density at radius 1 is 1.48 bits per heavy atom. The number of amides is 1. The van der Waals surface area contributed by atoms with E-state index < -0.39 is 0 Å². The predicted molar refractivity (Wildman–Crippen MR) is 82.9 cm³/mol. The van der Waals surface area contributed by atoms with E-state index in [4.69, 9.17) is 16.3 Å². The summed E-state index contributed by atoms with van der Waals surface area (Å²) >= 11 is 6.07. The number of hydrogen-bond donors (Lipinski definition) is 1. The molecule has 0 aliphatic carbocycles. The van der Waals surface area contributed by atoms with Gasteiger partial charge in [0.15, 0.2) is 0 Å². The highest BCUT2D eigenvalue weighted by atomic mass is 35.5. The quantitative estimate of drug-likeness (QED) is 0.908. The van der Waals surface area contributed by atoms with Crippen LogP contribution in [0.15, 0.2) is 24.3 Å². The van der Waals surface area contributed by atoms with E-state index in [1.54, 1.807) is 0 Å². The van der Waals surface area contributed by atoms with E-state index in [0.717, 1.165) is 30.1 Å². The molecule has 0 bridgehead atoms. The third-order valence-corrected chi connectivity index (χ3v) is 3.75. The SMILES string of the molecule is CCCOC(=O)NN1CC(c2cccc(Cl)c2)N(CC)C1. The van der Waals surface area contributed by atoms with Crippen molar-refractivity contribution in [3.05, 3.63) is 34.9 Å². The maximum atomic E-state index is 11.6. The second kappa shape index (κ2) is 7.64. The Kier molecular flexibility index (Phi) is 5.85. The lowest BCUT2D eigenvalue weighted by molar-refractivity contribution is 0.107. The highest BCUT2D eigenvalue weighted by Gasteiger charge is 2.31. The Hall–Kier alpha value is -1.30. The summed E-state index contributed by atoms with van der Waals surface area (Å²) in [6.07, 6.45) is 0.430. The van der Waals surface area contributed by atoms with Gasteiger partial charge in [0.05, 0.1) is 19.3 Å². The van der Waals surface area contributed by atoms with Gasteiger partial charge in [0.25, 0.3) is 0 Å². The summed E-state index contributed by atoms with van der Waals surface area (Å²) in [5, 5.41) is 2.62. The molecule has 0 saturated carbocycles. The number of ether oxygens (including phenoxy) is 1. The van der Waals surface area contributed by atoms with Crippen LogP contribution in [-0.4, -0.2) is 42.4 Å². The normalized spacial score (nSPS) is 19.7. The smallest absolute Gasteiger partial charge is 0.421 e. The Balaban J connectivity index is 1.99. The molecule has 1 unspecified atom stereocenters. The molecule has 6 heteroatoms. The zero-order chi connectivity index (χ0) is 15.2. The van der Waals surface area contributed by atoms with Crippen molar-refractivity contribution in [1.82, 2.24) is 15.3 Å². The van der Waals surface area contributed by atoms with Crippen LogP contribution < -0.4 is 5.43 Å². The lowest BCUT2D eigenvalue weighted by Gasteiger charge is -2.21. The summed E-state index contributed by atoms with van der Waals surface area (Å²) < 4.78 is 5.05. The molecule has 1 aliphatic rings. The van der Waals surface area contributed by atoms with Crippen LogP contribution in [0, 0.1) is 0 Å². The molecule has 2 rings (SSSR count). The van der Waals surface area contributed by atoms with Crippen LogP contribution in [0.4, 0.5) is 4.79 Å². The Morgan fingerprint density at radius 2 is 2.29 bits per heavy atom. The highest BCUT2D eigenvalue weighted by Crippen LogP contribution is 2.28. The van der Waals surface area contributed by atoms with Crippen molar-refractivity contribution in [1.29, 1.82) is 0 Å². The largest absolute Gasteiger partial charge is 0.449 e. The lowest BCUT2D eigenvalue weighted by atomic mass is 10.1. The van der Waals surface area contributed by atoms with Crippen molar-refractivity contribution in [2.45, 2.75) is 26.3 Å². The monoisotopic (exact) mass is 311 g/mol. The van der Waals surface area contributed by atoms with E-state index in [1.165, 1.54) is 0 Å². The van der Waals surface area contributed by atoms with Crippen molar-refractivity contribution >= 4 is 17.7 Å². The van der Waals surface area contributed by atoms with Gasteiger partial charge in [-0.05, 0) is 30.7 Å². The molecule has 1 N–H and O–H groups in total. The summed E-state index contributed by atoms with van der Waals surface area (Å²) in [5.74, 6) is 0. The molecule has 0 spiro atoms. The number of rotatable bonds is 5. The van der Waals surface area contributed by atoms with Crippen LogP contribution >= 0.6 is 11.6 Å². The number of hydrogen-bond acceptors (Lipinski definition) is 4. The van der Waals surface area contributed by atoms with Crippen molar-refractivity contribution in [2.75, 3.05) is 26.4 Å². The number of nitrogens with one attached hydrogen (secondary N) is 1. The van der Waals surface area contributed by atoms with Gasteiger partial charge in [-0.3, -0.25) is 10.3 Å². The summed E-state index contributed by atoms with van der Waals surface area (Å²) in [4.78, 5) is 13.9. The fraction of sp³-hybridized carbons (Fsp3) is 0.533. The van der Waals surface area contributed by atoms with Gasteiger partial charge in [0.2, 0.25) is 0 Å². The number of benzene rings is 1. The zero-order valence-electron chi connectivity index (χ0n) is 12.5. The molecule has 1 aliphatic heterocycles. The average Bonchev–Trinajstić information content (AvgIpc) is 2.88. The molecule has 1 amide bonds. The minimum atomic E-state index is -0.389. The average molecular weight is 312 g/mol. The fourth-order valence-electron chi connectivity index (χ4n) is 2.49. The van der Waals surface area contributed by atoms with Crippen LogP contribution in [0.25, 0.3) is 0 Å². The van der Waals surface area contributed by atoms with Crippen LogP contribution in [-0.2, 0) is 4.74 Å². The van der Waals surface area contributed by atoms with Crippen LogP contribution in [0.1, 0.15) is 31.9 Å². The van der Waals surface area contributed by atoms with Crippen molar-refractivity contribution in [3.8, 4) is 0 Å². The summed E-state index contributed by atoms with van der Waals surface area (Å²) in [7, 11) is 0. The van der Waals surface area contributed by atoms with Gasteiger partial charge in [0.1, 0.15) is 0 Å². The Bertz CT molecular complexity index is 484. The minimum Gasteiger partial charge on any atom is -0.449 e. The molecule has 0 aromatic heterocycles. The van der Waals surface area contributed by atoms with Crippen LogP contribution in [0.3, 0.4) is 0 Å². The van der Waals surface area contributed by atoms with Gasteiger partial charge < -0.3 is 4.74 Å². The van der Waals surface area contributed by atoms with E-state index in [9.17, 15) is 4.79 Å². The van der Waals surface area contributed by atoms with Gasteiger partial charge in [-0.1, -0.05) is 37.6 Å². The van der Waals surface area contributed by atoms with Crippen LogP contribution in [0.2, 0.25) is 5.02 Å². The van der Waals surface area contributed by atoms with E-state index >= 15 is 0 Å². The first-order chi connectivity index (χ1) is 10.1. The van der Waals surface area contributed by atoms with E-state index in [2.05, 4.69) is 23.3 Å². The number of carbonyl (C=O) groups is 1. The maximum absolute atomic E-state index is 11.6. The first kappa shape index (κ1) is 16.1. The summed E-state index contributed by atoms with van der Waals surface area (Å²) in [6, 6.07) is 8.09. The minimum absolute atomic E-state index is 0.222. The molecule has 1 heterocycles. The number of likely N-dealkylation sites (N-methyl/N-ethyl adjacent to an activating group) is 1. The van der Waals surface area contributed by atoms with E-state index in [-0.39, 0.29) is 12.1 Å². The van der Waals surface area contributed by atoms with E-state index in [0.29, 0.717) is 13.3 Å². The topological polar surface area (TPSA) is 44.8 Å². The highest BCUT2D eigenvalue weighted by molar-refractivity contribution is 6.30. The molecule has 1 aromatic rings. The van der Waals surface area contributed by atoms with Gasteiger partial charge in [-0.25, -0.2) is 9.80 Å². The molecular weight excluding hydrogens is 290 g/mol. The molecule has 116 valence electrons. The number of carbonyl (C=O) groups excluding carboxylic acids is 1. The van der Waals surface area contributed by atoms with E-state index in [1.807, 2.05) is 30.1 Å². The molecular formula is C15H22ClN3O2. The number of halogens is 1. The third kappa shape index (κ3) is 4.33. The molecule has 21 heavy (non-hydrogen) atoms. The summed E-state index contributed by atoms with van der Waals surface area (Å²) in [5.41, 5.74) is 3.95. The second-order valence-electron chi connectivity index (χ2n) is 5.09. The molecule has 5 nitrogen and oxygen atoms in total. The molecule has 1 atom stereocenters. The fourth-order valence-corrected chi connectivity index (χ4v) is 2.69. The Morgan fingerprint density at radius 3 is 2.95 bits per heavy atom. The van der Waals surface area contributed by atoms with Gasteiger partial charge >= 0.3 is 6.09 Å². The number of nitrogens with zero attached hydrogens (tertiary/aromatic N) is 2. The molecule has 0 radical (unpaired) electrons. The predicted octanol–water partition coefficient (Wildman–Crippen LogP) is 3.03. The van der Waals surface area contributed by atoms with Crippen molar-refractivity contribution < 1.29 is 9.53 Å². The zero-order valence-corrected chi connectivity index (χ0v) is 13.3. The number of hydrazine groups is 1. The van der Waals surface area contributed by atoms with Gasteiger partial charge in [0, 0.05) is 11.6 Å².